The first-order chi connectivity index (χ1) is 15.5. The van der Waals surface area contributed by atoms with Gasteiger partial charge in [-0.2, -0.15) is 0 Å². The van der Waals surface area contributed by atoms with Crippen LogP contribution < -0.4 is 10.9 Å². The van der Waals surface area contributed by atoms with Crippen molar-refractivity contribution in [2.75, 3.05) is 13.6 Å². The van der Waals surface area contributed by atoms with Gasteiger partial charge in [0.15, 0.2) is 0 Å². The molecule has 1 aliphatic rings. The number of likely N-dealkylation sites (tertiary alicyclic amines) is 1. The first kappa shape index (κ1) is 20.4. The Morgan fingerprint density at radius 1 is 1.25 bits per heavy atom. The second-order valence-electron chi connectivity index (χ2n) is 8.39. The molecule has 0 aromatic carbocycles. The Hall–Kier alpha value is -3.52. The van der Waals surface area contributed by atoms with E-state index >= 15 is 0 Å². The van der Waals surface area contributed by atoms with Gasteiger partial charge in [0.2, 0.25) is 0 Å². The van der Waals surface area contributed by atoms with Crippen molar-refractivity contribution in [2.45, 2.75) is 38.9 Å². The number of H-pyrrole nitrogens is 1. The Bertz CT molecular complexity index is 1390. The van der Waals surface area contributed by atoms with Crippen molar-refractivity contribution in [3.63, 3.8) is 0 Å². The number of aryl methyl sites for hydroxylation is 1. The summed E-state index contributed by atoms with van der Waals surface area (Å²) >= 11 is 0. The lowest BCUT2D eigenvalue weighted by Gasteiger charge is -2.47. The first-order valence-corrected chi connectivity index (χ1v) is 10.9. The Morgan fingerprint density at radius 3 is 2.84 bits per heavy atom. The molecule has 8 nitrogen and oxygen atoms in total. The quantitative estimate of drug-likeness (QED) is 0.508. The topological polar surface area (TPSA) is 95.9 Å². The van der Waals surface area contributed by atoms with Gasteiger partial charge in [0, 0.05) is 44.1 Å². The minimum absolute atomic E-state index is 0.0380. The normalized spacial score (nSPS) is 18.7. The summed E-state index contributed by atoms with van der Waals surface area (Å²) < 4.78 is 2.25. The van der Waals surface area contributed by atoms with Crippen LogP contribution in [-0.4, -0.2) is 50.0 Å². The molecule has 8 heteroatoms. The van der Waals surface area contributed by atoms with Gasteiger partial charge < -0.3 is 14.9 Å². The van der Waals surface area contributed by atoms with Crippen LogP contribution in [0.2, 0.25) is 0 Å². The zero-order chi connectivity index (χ0) is 22.4. The zero-order valence-electron chi connectivity index (χ0n) is 18.4. The lowest BCUT2D eigenvalue weighted by Crippen LogP contribution is -2.54. The molecule has 1 fully saturated rings. The average molecular weight is 431 g/mol. The van der Waals surface area contributed by atoms with E-state index < -0.39 is 0 Å². The molecular formula is C24H26N6O2. The smallest absolute Gasteiger partial charge is 0.269 e. The highest BCUT2D eigenvalue weighted by Gasteiger charge is 2.37. The lowest BCUT2D eigenvalue weighted by atomic mass is 9.96. The van der Waals surface area contributed by atoms with E-state index in [1.54, 1.807) is 13.1 Å². The number of hydrogen-bond donors (Lipinski definition) is 2. The molecule has 5 rings (SSSR count). The number of hydrogen-bond acceptors (Lipinski definition) is 5. The predicted molar refractivity (Wildman–Crippen MR) is 124 cm³/mol. The van der Waals surface area contributed by atoms with Crippen LogP contribution in [0.5, 0.6) is 0 Å². The van der Waals surface area contributed by atoms with Crippen molar-refractivity contribution in [1.29, 1.82) is 0 Å². The highest BCUT2D eigenvalue weighted by Crippen LogP contribution is 2.33. The number of nitrogens with one attached hydrogen (secondary N) is 2. The Labute approximate surface area is 185 Å². The van der Waals surface area contributed by atoms with Gasteiger partial charge in [-0.1, -0.05) is 6.92 Å². The summed E-state index contributed by atoms with van der Waals surface area (Å²) in [5, 5.41) is 2.61. The number of carbonyl (C=O) groups is 1. The molecule has 0 bridgehead atoms. The number of aromatic amines is 1. The van der Waals surface area contributed by atoms with Crippen LogP contribution in [0.3, 0.4) is 0 Å². The summed E-state index contributed by atoms with van der Waals surface area (Å²) in [4.78, 5) is 38.4. The second kappa shape index (κ2) is 7.87. The number of amides is 1. The standard InChI is InChI=1S/C24H26N6O2/c1-4-16-10-19-20(28-23(16)31)9-15(11-26-19)12-29-13-22(14(29)2)30-8-7-17-21(30)6-5-18(27-17)24(32)25-3/h5-11,14,22H,4,12-13H2,1-3H3,(H,25,32)(H,28,31)/t14-,22+/m1/s1. The SMILES string of the molecule is CCc1cc2ncc(CN3C[C@H](n4ccc5nc(C(=O)NC)ccc54)[C@H]3C)cc2[nH]c1=O. The van der Waals surface area contributed by atoms with Crippen LogP contribution in [0.4, 0.5) is 0 Å². The number of carbonyl (C=O) groups excluding carboxylic acids is 1. The summed E-state index contributed by atoms with van der Waals surface area (Å²) in [6, 6.07) is 10.3. The third kappa shape index (κ3) is 3.36. The Balaban J connectivity index is 1.33. The van der Waals surface area contributed by atoms with Gasteiger partial charge in [-0.25, -0.2) is 4.98 Å². The van der Waals surface area contributed by atoms with Crippen LogP contribution in [0, 0.1) is 0 Å². The molecule has 2 N–H and O–H groups in total. The van der Waals surface area contributed by atoms with Gasteiger partial charge in [0.1, 0.15) is 5.69 Å². The van der Waals surface area contributed by atoms with E-state index in [1.165, 1.54) is 0 Å². The van der Waals surface area contributed by atoms with Gasteiger partial charge in [-0.05, 0) is 49.2 Å². The van der Waals surface area contributed by atoms with Crippen molar-refractivity contribution in [2.24, 2.45) is 0 Å². The van der Waals surface area contributed by atoms with E-state index in [-0.39, 0.29) is 11.5 Å². The lowest BCUT2D eigenvalue weighted by molar-refractivity contribution is 0.0299. The van der Waals surface area contributed by atoms with Gasteiger partial charge >= 0.3 is 0 Å². The van der Waals surface area contributed by atoms with E-state index in [9.17, 15) is 9.59 Å². The van der Waals surface area contributed by atoms with E-state index in [2.05, 4.69) is 42.9 Å². The number of pyridine rings is 3. The molecule has 0 radical (unpaired) electrons. The summed E-state index contributed by atoms with van der Waals surface area (Å²) in [6.07, 6.45) is 4.64. The number of nitrogens with zero attached hydrogens (tertiary/aromatic N) is 4. The molecule has 0 saturated carbocycles. The van der Waals surface area contributed by atoms with Gasteiger partial charge in [0.25, 0.3) is 11.5 Å². The molecule has 0 aliphatic carbocycles. The fourth-order valence-electron chi connectivity index (χ4n) is 4.53. The van der Waals surface area contributed by atoms with E-state index in [4.69, 9.17) is 0 Å². The Morgan fingerprint density at radius 2 is 2.09 bits per heavy atom. The largest absolute Gasteiger partial charge is 0.354 e. The molecule has 1 aliphatic heterocycles. The third-order valence-electron chi connectivity index (χ3n) is 6.54. The molecule has 5 heterocycles. The van der Waals surface area contributed by atoms with Gasteiger partial charge in [-0.15, -0.1) is 0 Å². The van der Waals surface area contributed by atoms with Crippen molar-refractivity contribution < 1.29 is 4.79 Å². The average Bonchev–Trinajstić information content (AvgIpc) is 3.22. The second-order valence-corrected chi connectivity index (χ2v) is 8.39. The van der Waals surface area contributed by atoms with E-state index in [0.717, 1.165) is 46.3 Å². The molecule has 32 heavy (non-hydrogen) atoms. The van der Waals surface area contributed by atoms with E-state index in [0.29, 0.717) is 24.2 Å². The third-order valence-corrected chi connectivity index (χ3v) is 6.54. The monoisotopic (exact) mass is 430 g/mol. The fourth-order valence-corrected chi connectivity index (χ4v) is 4.53. The number of aromatic nitrogens is 4. The molecule has 1 saturated heterocycles. The van der Waals surface area contributed by atoms with Crippen LogP contribution in [0.25, 0.3) is 22.1 Å². The summed E-state index contributed by atoms with van der Waals surface area (Å²) in [6.45, 7) is 5.87. The Kier molecular flexibility index (Phi) is 5.01. The maximum absolute atomic E-state index is 12.2. The predicted octanol–water partition coefficient (Wildman–Crippen LogP) is 2.64. The van der Waals surface area contributed by atoms with Crippen molar-refractivity contribution >= 4 is 28.0 Å². The molecule has 0 unspecified atom stereocenters. The number of fused-ring (bicyclic) bond motifs is 2. The van der Waals surface area contributed by atoms with Crippen LogP contribution in [-0.2, 0) is 13.0 Å². The van der Waals surface area contributed by atoms with Crippen molar-refractivity contribution in [3.8, 4) is 0 Å². The number of rotatable bonds is 5. The maximum Gasteiger partial charge on any atom is 0.269 e. The summed E-state index contributed by atoms with van der Waals surface area (Å²) in [5.41, 5.74) is 5.69. The van der Waals surface area contributed by atoms with Crippen LogP contribution in [0.1, 0.15) is 41.5 Å². The molecule has 4 aromatic heterocycles. The molecule has 0 spiro atoms. The highest BCUT2D eigenvalue weighted by molar-refractivity contribution is 5.94. The molecule has 164 valence electrons. The first-order valence-electron chi connectivity index (χ1n) is 10.9. The molecule has 2 atom stereocenters. The molecular weight excluding hydrogens is 404 g/mol. The fraction of sp³-hybridized carbons (Fsp3) is 0.333. The van der Waals surface area contributed by atoms with E-state index in [1.807, 2.05) is 37.4 Å². The van der Waals surface area contributed by atoms with Crippen molar-refractivity contribution in [1.82, 2.24) is 29.7 Å². The molecule has 1 amide bonds. The highest BCUT2D eigenvalue weighted by atomic mass is 16.1. The summed E-state index contributed by atoms with van der Waals surface area (Å²) in [5.74, 6) is -0.181. The zero-order valence-corrected chi connectivity index (χ0v) is 18.4. The minimum Gasteiger partial charge on any atom is -0.354 e. The van der Waals surface area contributed by atoms with Gasteiger partial charge in [-0.3, -0.25) is 19.5 Å². The van der Waals surface area contributed by atoms with Crippen LogP contribution >= 0.6 is 0 Å². The van der Waals surface area contributed by atoms with Crippen molar-refractivity contribution in [3.05, 3.63) is 69.9 Å². The minimum atomic E-state index is -0.181. The maximum atomic E-state index is 12.2. The van der Waals surface area contributed by atoms with Crippen LogP contribution in [0.15, 0.2) is 47.5 Å². The molecule has 4 aromatic rings. The van der Waals surface area contributed by atoms with Gasteiger partial charge in [0.05, 0.1) is 28.1 Å². The summed E-state index contributed by atoms with van der Waals surface area (Å²) in [7, 11) is 1.61.